The average molecular weight is 324 g/mol. The van der Waals surface area contributed by atoms with E-state index in [4.69, 9.17) is 11.6 Å². The van der Waals surface area contributed by atoms with Crippen molar-refractivity contribution >= 4 is 34.5 Å². The highest BCUT2D eigenvalue weighted by atomic mass is 35.5. The van der Waals surface area contributed by atoms with Crippen molar-refractivity contribution in [3.8, 4) is 0 Å². The number of ketones is 1. The van der Waals surface area contributed by atoms with Gasteiger partial charge in [0.15, 0.2) is 11.4 Å². The van der Waals surface area contributed by atoms with Crippen LogP contribution in [0.25, 0.3) is 17.1 Å². The van der Waals surface area contributed by atoms with E-state index in [1.54, 1.807) is 10.9 Å². The van der Waals surface area contributed by atoms with Gasteiger partial charge in [-0.2, -0.15) is 5.10 Å². The number of benzene rings is 1. The second-order valence-electron chi connectivity index (χ2n) is 5.79. The van der Waals surface area contributed by atoms with Crippen LogP contribution in [0.5, 0.6) is 0 Å². The third kappa shape index (κ3) is 2.18. The van der Waals surface area contributed by atoms with E-state index in [-0.39, 0.29) is 5.78 Å². The highest BCUT2D eigenvalue weighted by Gasteiger charge is 2.26. The van der Waals surface area contributed by atoms with Gasteiger partial charge in [-0.25, -0.2) is 4.98 Å². The average Bonchev–Trinajstić information content (AvgIpc) is 2.99. The van der Waals surface area contributed by atoms with Crippen LogP contribution >= 0.6 is 11.6 Å². The Labute approximate surface area is 138 Å². The summed E-state index contributed by atoms with van der Waals surface area (Å²) in [6.07, 6.45) is 4.24. The van der Waals surface area contributed by atoms with Gasteiger partial charge in [0, 0.05) is 41.2 Å². The predicted molar refractivity (Wildman–Crippen MR) is 90.7 cm³/mol. The highest BCUT2D eigenvalue weighted by molar-refractivity contribution is 6.33. The van der Waals surface area contributed by atoms with Crippen molar-refractivity contribution in [3.63, 3.8) is 0 Å². The molecule has 23 heavy (non-hydrogen) atoms. The van der Waals surface area contributed by atoms with E-state index in [2.05, 4.69) is 10.1 Å². The van der Waals surface area contributed by atoms with Crippen LogP contribution in [0.4, 0.5) is 0 Å². The van der Waals surface area contributed by atoms with Gasteiger partial charge in [-0.1, -0.05) is 23.7 Å². The summed E-state index contributed by atoms with van der Waals surface area (Å²) >= 11 is 6.20. The van der Waals surface area contributed by atoms with E-state index in [0.717, 1.165) is 33.4 Å². The number of hydrogen-bond acceptors (Lipinski definition) is 3. The fourth-order valence-corrected chi connectivity index (χ4v) is 3.36. The van der Waals surface area contributed by atoms with E-state index in [0.29, 0.717) is 17.0 Å². The zero-order chi connectivity index (χ0) is 16.1. The Hall–Kier alpha value is -2.46. The smallest absolute Gasteiger partial charge is 0.189 e. The molecular weight excluding hydrogens is 310 g/mol. The van der Waals surface area contributed by atoms with Crippen LogP contribution in [0.3, 0.4) is 0 Å². The topological polar surface area (TPSA) is 47.8 Å². The maximum absolute atomic E-state index is 12.5. The Morgan fingerprint density at radius 3 is 2.96 bits per heavy atom. The second-order valence-corrected chi connectivity index (χ2v) is 6.20. The number of aryl methyl sites for hydroxylation is 2. The molecule has 5 heteroatoms. The molecule has 0 spiro atoms. The van der Waals surface area contributed by atoms with E-state index in [9.17, 15) is 4.79 Å². The van der Waals surface area contributed by atoms with Gasteiger partial charge in [-0.3, -0.25) is 9.48 Å². The summed E-state index contributed by atoms with van der Waals surface area (Å²) in [5.41, 5.74) is 5.04. The zero-order valence-corrected chi connectivity index (χ0v) is 13.6. The molecule has 4 rings (SSSR count). The maximum Gasteiger partial charge on any atom is 0.189 e. The molecule has 0 N–H and O–H groups in total. The van der Waals surface area contributed by atoms with Gasteiger partial charge in [-0.05, 0) is 36.3 Å². The van der Waals surface area contributed by atoms with Crippen molar-refractivity contribution < 1.29 is 4.79 Å². The molecule has 0 unspecified atom stereocenters. The fraction of sp³-hybridized carbons (Fsp3) is 0.167. The molecule has 2 aromatic heterocycles. The van der Waals surface area contributed by atoms with Gasteiger partial charge in [0.05, 0.1) is 5.69 Å². The Morgan fingerprint density at radius 2 is 2.17 bits per heavy atom. The molecule has 0 aliphatic heterocycles. The van der Waals surface area contributed by atoms with Crippen molar-refractivity contribution in [1.29, 1.82) is 0 Å². The standard InChI is InChI=1S/C18H14ClN3O/c1-10-14-7-11(9-20-18(14)22(2)21-10)6-12-8-15-13(17(12)23)4-3-5-16(15)19/h3-7,9H,8H2,1-2H3/b12-6-. The molecule has 1 aliphatic carbocycles. The van der Waals surface area contributed by atoms with Gasteiger partial charge >= 0.3 is 0 Å². The molecule has 0 atom stereocenters. The van der Waals surface area contributed by atoms with Gasteiger partial charge in [0.2, 0.25) is 0 Å². The summed E-state index contributed by atoms with van der Waals surface area (Å²) in [5.74, 6) is 0.0468. The summed E-state index contributed by atoms with van der Waals surface area (Å²) in [6.45, 7) is 1.96. The molecule has 1 aromatic carbocycles. The summed E-state index contributed by atoms with van der Waals surface area (Å²) in [6, 6.07) is 7.49. The molecular formula is C18H14ClN3O. The first-order valence-electron chi connectivity index (χ1n) is 7.36. The van der Waals surface area contributed by atoms with Crippen LogP contribution in [-0.4, -0.2) is 20.5 Å². The minimum atomic E-state index is 0.0468. The van der Waals surface area contributed by atoms with Gasteiger partial charge in [0.1, 0.15) is 0 Å². The normalized spacial score (nSPS) is 15.6. The van der Waals surface area contributed by atoms with Gasteiger partial charge < -0.3 is 0 Å². The molecule has 1 aliphatic rings. The first kappa shape index (κ1) is 14.2. The number of nitrogens with zero attached hydrogens (tertiary/aromatic N) is 3. The van der Waals surface area contributed by atoms with Gasteiger partial charge in [-0.15, -0.1) is 0 Å². The Balaban J connectivity index is 1.79. The lowest BCUT2D eigenvalue weighted by Crippen LogP contribution is -1.95. The molecule has 3 aromatic rings. The number of carbonyl (C=O) groups is 1. The van der Waals surface area contributed by atoms with Crippen LogP contribution < -0.4 is 0 Å². The van der Waals surface area contributed by atoms with E-state index >= 15 is 0 Å². The number of aromatic nitrogens is 3. The number of pyridine rings is 1. The summed E-state index contributed by atoms with van der Waals surface area (Å²) < 4.78 is 1.76. The molecule has 4 nitrogen and oxygen atoms in total. The molecule has 0 saturated heterocycles. The third-order valence-electron chi connectivity index (χ3n) is 4.25. The molecule has 0 fully saturated rings. The van der Waals surface area contributed by atoms with E-state index in [1.807, 2.05) is 44.3 Å². The van der Waals surface area contributed by atoms with E-state index < -0.39 is 0 Å². The van der Waals surface area contributed by atoms with E-state index in [1.165, 1.54) is 0 Å². The molecule has 114 valence electrons. The fourth-order valence-electron chi connectivity index (χ4n) is 3.12. The molecule has 2 heterocycles. The number of Topliss-reactive ketones (excluding diaryl/α,β-unsaturated/α-hetero) is 1. The van der Waals surface area contributed by atoms with Crippen molar-refractivity contribution in [2.45, 2.75) is 13.3 Å². The largest absolute Gasteiger partial charge is 0.289 e. The Kier molecular flexibility index (Phi) is 3.10. The molecule has 0 radical (unpaired) electrons. The summed E-state index contributed by atoms with van der Waals surface area (Å²) in [7, 11) is 1.87. The number of halogens is 1. The van der Waals surface area contributed by atoms with Crippen LogP contribution in [0.2, 0.25) is 5.02 Å². The van der Waals surface area contributed by atoms with Crippen molar-refractivity contribution in [2.24, 2.45) is 7.05 Å². The summed E-state index contributed by atoms with van der Waals surface area (Å²) in [4.78, 5) is 17.0. The van der Waals surface area contributed by atoms with Crippen molar-refractivity contribution in [1.82, 2.24) is 14.8 Å². The Bertz CT molecular complexity index is 1000. The van der Waals surface area contributed by atoms with Crippen LogP contribution in [-0.2, 0) is 13.5 Å². The predicted octanol–water partition coefficient (Wildman–Crippen LogP) is 3.75. The SMILES string of the molecule is Cc1nn(C)c2ncc(/C=C3/Cc4c(Cl)cccc4C3=O)cc12. The first-order chi connectivity index (χ1) is 11.0. The van der Waals surface area contributed by atoms with Crippen LogP contribution in [0.1, 0.15) is 27.2 Å². The van der Waals surface area contributed by atoms with Crippen LogP contribution in [0, 0.1) is 6.92 Å². The summed E-state index contributed by atoms with van der Waals surface area (Å²) in [5, 5.41) is 6.02. The minimum Gasteiger partial charge on any atom is -0.289 e. The lowest BCUT2D eigenvalue weighted by Gasteiger charge is -1.98. The van der Waals surface area contributed by atoms with Crippen LogP contribution in [0.15, 0.2) is 36.0 Å². The Morgan fingerprint density at radius 1 is 1.35 bits per heavy atom. The van der Waals surface area contributed by atoms with Gasteiger partial charge in [0.25, 0.3) is 0 Å². The highest BCUT2D eigenvalue weighted by Crippen LogP contribution is 2.32. The zero-order valence-electron chi connectivity index (χ0n) is 12.8. The lowest BCUT2D eigenvalue weighted by atomic mass is 10.1. The maximum atomic E-state index is 12.5. The number of hydrogen-bond donors (Lipinski definition) is 0. The van der Waals surface area contributed by atoms with Crippen molar-refractivity contribution in [3.05, 3.63) is 63.4 Å². The third-order valence-corrected chi connectivity index (χ3v) is 4.60. The number of carbonyl (C=O) groups excluding carboxylic acids is 1. The number of rotatable bonds is 1. The monoisotopic (exact) mass is 323 g/mol. The quantitative estimate of drug-likeness (QED) is 0.641. The van der Waals surface area contributed by atoms with Crippen molar-refractivity contribution in [2.75, 3.05) is 0 Å². The minimum absolute atomic E-state index is 0.0468. The lowest BCUT2D eigenvalue weighted by molar-refractivity contribution is 0.104. The first-order valence-corrected chi connectivity index (χ1v) is 7.74. The molecule has 0 saturated carbocycles. The number of fused-ring (bicyclic) bond motifs is 2. The molecule has 0 bridgehead atoms. The second kappa shape index (κ2) is 5.03. The molecule has 0 amide bonds. The number of allylic oxidation sites excluding steroid dienone is 1.